The molecule has 8 nitrogen and oxygen atoms in total. The Labute approximate surface area is 175 Å². The zero-order valence-corrected chi connectivity index (χ0v) is 17.3. The summed E-state index contributed by atoms with van der Waals surface area (Å²) >= 11 is 2.43. The molecule has 10 heteroatoms. The largest absolute Gasteiger partial charge is 0.481 e. The molecule has 0 saturated carbocycles. The first kappa shape index (κ1) is 20.7. The second kappa shape index (κ2) is 9.01. The molecule has 1 aromatic carbocycles. The van der Waals surface area contributed by atoms with Crippen molar-refractivity contribution in [1.29, 1.82) is 0 Å². The molecule has 150 valence electrons. The molecular weight excluding hydrogens is 412 g/mol. The molecule has 0 spiro atoms. The van der Waals surface area contributed by atoms with Gasteiger partial charge in [-0.1, -0.05) is 29.0 Å². The highest BCUT2D eigenvalue weighted by Gasteiger charge is 2.24. The first-order valence-electron chi connectivity index (χ1n) is 8.64. The molecule has 0 radical (unpaired) electrons. The summed E-state index contributed by atoms with van der Waals surface area (Å²) in [5.74, 6) is -1.71. The van der Waals surface area contributed by atoms with E-state index < -0.39 is 11.9 Å². The van der Waals surface area contributed by atoms with Gasteiger partial charge in [0.25, 0.3) is 5.91 Å². The highest BCUT2D eigenvalue weighted by molar-refractivity contribution is 8.18. The molecule has 3 rings (SSSR count). The van der Waals surface area contributed by atoms with Gasteiger partial charge in [-0.15, -0.1) is 0 Å². The number of aromatic nitrogens is 1. The fraction of sp³-hybridized carbons (Fsp3) is 0.211. The van der Waals surface area contributed by atoms with E-state index in [0.29, 0.717) is 20.1 Å². The highest BCUT2D eigenvalue weighted by atomic mass is 32.2. The lowest BCUT2D eigenvalue weighted by Gasteiger charge is -2.02. The van der Waals surface area contributed by atoms with E-state index in [4.69, 9.17) is 5.11 Å². The van der Waals surface area contributed by atoms with Crippen LogP contribution < -0.4 is 10.6 Å². The van der Waals surface area contributed by atoms with Gasteiger partial charge in [-0.05, 0) is 43.3 Å². The number of nitrogens with one attached hydrogen (secondary N) is 2. The van der Waals surface area contributed by atoms with Crippen molar-refractivity contribution in [2.24, 2.45) is 4.99 Å². The minimum atomic E-state index is -1.03. The lowest BCUT2D eigenvalue weighted by atomic mass is 10.1. The van der Waals surface area contributed by atoms with Gasteiger partial charge in [-0.2, -0.15) is 0 Å². The van der Waals surface area contributed by atoms with Crippen LogP contribution >= 0.6 is 23.1 Å². The number of hydrogen-bond donors (Lipinski definition) is 3. The Morgan fingerprint density at radius 1 is 1.31 bits per heavy atom. The van der Waals surface area contributed by atoms with E-state index in [1.165, 1.54) is 29.3 Å². The Balaban J connectivity index is 1.67. The van der Waals surface area contributed by atoms with Crippen molar-refractivity contribution >= 4 is 62.9 Å². The third kappa shape index (κ3) is 5.75. The number of rotatable bonds is 6. The first-order chi connectivity index (χ1) is 13.8. The molecule has 2 heterocycles. The fourth-order valence-electron chi connectivity index (χ4n) is 2.46. The maximum Gasteiger partial charge on any atom is 0.303 e. The Bertz CT molecular complexity index is 1040. The number of carbonyl (C=O) groups excluding carboxylic acids is 2. The van der Waals surface area contributed by atoms with Gasteiger partial charge in [-0.25, -0.2) is 9.98 Å². The maximum absolute atomic E-state index is 12.2. The summed E-state index contributed by atoms with van der Waals surface area (Å²) in [4.78, 5) is 44.2. The topological polar surface area (TPSA) is 121 Å². The second-order valence-corrected chi connectivity index (χ2v) is 8.37. The third-order valence-electron chi connectivity index (χ3n) is 3.83. The molecule has 1 aromatic heterocycles. The Morgan fingerprint density at radius 3 is 2.83 bits per heavy atom. The van der Waals surface area contributed by atoms with Gasteiger partial charge < -0.3 is 15.7 Å². The standard InChI is InChI=1S/C19H18N4O4S2/c1-10-3-4-13(11(2)7-10)21-19-23-17(27)14(29-19)8-12-9-20-18(28-12)22-15(24)5-6-16(25)26/h3-4,7-9H,5-6H2,1-2H3,(H,25,26)(H,20,22,24)(H,21,23,27)/b14-8-. The van der Waals surface area contributed by atoms with Crippen LogP contribution in [0.15, 0.2) is 34.3 Å². The normalized spacial score (nSPS) is 16.3. The van der Waals surface area contributed by atoms with Crippen LogP contribution in [0.25, 0.3) is 6.08 Å². The van der Waals surface area contributed by atoms with E-state index >= 15 is 0 Å². The molecular formula is C19H18N4O4S2. The minimum absolute atomic E-state index is 0.123. The number of amidine groups is 1. The number of anilines is 1. The monoisotopic (exact) mass is 430 g/mol. The molecule has 0 atom stereocenters. The second-order valence-electron chi connectivity index (χ2n) is 6.28. The summed E-state index contributed by atoms with van der Waals surface area (Å²) in [6.07, 6.45) is 2.85. The van der Waals surface area contributed by atoms with Crippen LogP contribution in [0.3, 0.4) is 0 Å². The van der Waals surface area contributed by atoms with Crippen LogP contribution in [0.4, 0.5) is 10.8 Å². The number of nitrogens with zero attached hydrogens (tertiary/aromatic N) is 2. The Kier molecular flexibility index (Phi) is 6.45. The van der Waals surface area contributed by atoms with Gasteiger partial charge in [0.2, 0.25) is 5.91 Å². The summed E-state index contributed by atoms with van der Waals surface area (Å²) in [5.41, 5.74) is 2.96. The number of thiazole rings is 1. The first-order valence-corrected chi connectivity index (χ1v) is 10.3. The molecule has 2 aromatic rings. The third-order valence-corrected chi connectivity index (χ3v) is 5.60. The molecule has 1 fully saturated rings. The summed E-state index contributed by atoms with van der Waals surface area (Å²) < 4.78 is 0. The van der Waals surface area contributed by atoms with Crippen molar-refractivity contribution in [3.63, 3.8) is 0 Å². The van der Waals surface area contributed by atoms with Crippen molar-refractivity contribution in [2.75, 3.05) is 5.32 Å². The number of aliphatic imine (C=N–C) groups is 1. The smallest absolute Gasteiger partial charge is 0.303 e. The Hall–Kier alpha value is -2.98. The number of aryl methyl sites for hydroxylation is 2. The van der Waals surface area contributed by atoms with Gasteiger partial charge >= 0.3 is 5.97 Å². The zero-order chi connectivity index (χ0) is 21.0. The van der Waals surface area contributed by atoms with Crippen LogP contribution in [0.1, 0.15) is 28.8 Å². The van der Waals surface area contributed by atoms with Gasteiger partial charge in [0.15, 0.2) is 10.3 Å². The summed E-state index contributed by atoms with van der Waals surface area (Å²) in [6, 6.07) is 5.91. The molecule has 0 unspecified atom stereocenters. The molecule has 1 saturated heterocycles. The molecule has 1 aliphatic heterocycles. The molecule has 2 amide bonds. The van der Waals surface area contributed by atoms with Crippen molar-refractivity contribution < 1.29 is 19.5 Å². The molecule has 1 aliphatic rings. The van der Waals surface area contributed by atoms with E-state index in [-0.39, 0.29) is 18.7 Å². The predicted molar refractivity (Wildman–Crippen MR) is 114 cm³/mol. The number of carboxylic acid groups (broad SMARTS) is 1. The van der Waals surface area contributed by atoms with Crippen molar-refractivity contribution in [2.45, 2.75) is 26.7 Å². The number of benzene rings is 1. The van der Waals surface area contributed by atoms with Crippen LogP contribution in [0.2, 0.25) is 0 Å². The van der Waals surface area contributed by atoms with E-state index in [2.05, 4.69) is 20.6 Å². The number of aliphatic carboxylic acids is 1. The van der Waals surface area contributed by atoms with Crippen LogP contribution in [0, 0.1) is 13.8 Å². The van der Waals surface area contributed by atoms with Gasteiger partial charge in [-0.3, -0.25) is 14.4 Å². The molecule has 0 bridgehead atoms. The molecule has 29 heavy (non-hydrogen) atoms. The maximum atomic E-state index is 12.2. The Morgan fingerprint density at radius 2 is 2.10 bits per heavy atom. The van der Waals surface area contributed by atoms with E-state index in [0.717, 1.165) is 16.8 Å². The zero-order valence-electron chi connectivity index (χ0n) is 15.7. The van der Waals surface area contributed by atoms with Crippen molar-refractivity contribution in [1.82, 2.24) is 10.3 Å². The van der Waals surface area contributed by atoms with Crippen molar-refractivity contribution in [3.8, 4) is 0 Å². The quantitative estimate of drug-likeness (QED) is 0.604. The van der Waals surface area contributed by atoms with E-state index in [9.17, 15) is 14.4 Å². The average molecular weight is 431 g/mol. The summed E-state index contributed by atoms with van der Waals surface area (Å²) in [7, 11) is 0. The highest BCUT2D eigenvalue weighted by Crippen LogP contribution is 2.31. The van der Waals surface area contributed by atoms with Crippen LogP contribution in [-0.2, 0) is 14.4 Å². The number of carboxylic acids is 1. The fourth-order valence-corrected chi connectivity index (χ4v) is 4.14. The molecule has 3 N–H and O–H groups in total. The minimum Gasteiger partial charge on any atom is -0.481 e. The number of thioether (sulfide) groups is 1. The lowest BCUT2D eigenvalue weighted by Crippen LogP contribution is -2.19. The lowest BCUT2D eigenvalue weighted by molar-refractivity contribution is -0.138. The van der Waals surface area contributed by atoms with Gasteiger partial charge in [0.05, 0.1) is 21.9 Å². The van der Waals surface area contributed by atoms with Crippen LogP contribution in [0.5, 0.6) is 0 Å². The summed E-state index contributed by atoms with van der Waals surface area (Å²) in [5, 5.41) is 14.8. The SMILES string of the molecule is Cc1ccc(/N=C2/NC(=O)/C(=C/c3cnc(NC(=O)CCC(=O)O)s3)S2)c(C)c1. The predicted octanol–water partition coefficient (Wildman–Crippen LogP) is 3.45. The van der Waals surface area contributed by atoms with Gasteiger partial charge in [0.1, 0.15) is 0 Å². The van der Waals surface area contributed by atoms with Crippen molar-refractivity contribution in [3.05, 3.63) is 45.3 Å². The van der Waals surface area contributed by atoms with E-state index in [1.54, 1.807) is 6.08 Å². The van der Waals surface area contributed by atoms with E-state index in [1.807, 2.05) is 32.0 Å². The number of hydrogen-bond acceptors (Lipinski definition) is 7. The summed E-state index contributed by atoms with van der Waals surface area (Å²) in [6.45, 7) is 3.98. The van der Waals surface area contributed by atoms with Gasteiger partial charge in [0, 0.05) is 12.6 Å². The number of carbonyl (C=O) groups is 3. The molecule has 0 aliphatic carbocycles. The number of amides is 2. The van der Waals surface area contributed by atoms with Crippen LogP contribution in [-0.4, -0.2) is 33.0 Å². The average Bonchev–Trinajstić information content (AvgIpc) is 3.22.